The van der Waals surface area contributed by atoms with Crippen LogP contribution in [0, 0.1) is 0 Å². The smallest absolute Gasteiger partial charge is 0.0204 e. The molecule has 2 nitrogen and oxygen atoms in total. The van der Waals surface area contributed by atoms with Gasteiger partial charge in [-0.05, 0) is 48.3 Å². The maximum absolute atomic E-state index is 3.56. The van der Waals surface area contributed by atoms with Gasteiger partial charge in [0.15, 0.2) is 0 Å². The van der Waals surface area contributed by atoms with Gasteiger partial charge in [-0.25, -0.2) is 0 Å². The molecule has 1 aromatic heterocycles. The largest absolute Gasteiger partial charge is 0.315 e. The van der Waals surface area contributed by atoms with E-state index in [1.54, 1.807) is 11.3 Å². The van der Waals surface area contributed by atoms with E-state index in [4.69, 9.17) is 0 Å². The minimum absolute atomic E-state index is 0.707. The molecular weight excluding hydrogens is 180 g/mol. The summed E-state index contributed by atoms with van der Waals surface area (Å²) in [5.74, 6) is 0. The first-order valence-electron chi connectivity index (χ1n) is 4.90. The molecule has 2 heterocycles. The summed E-state index contributed by atoms with van der Waals surface area (Å²) >= 11 is 1.78. The molecule has 1 saturated heterocycles. The summed E-state index contributed by atoms with van der Waals surface area (Å²) in [5, 5.41) is 11.3. The van der Waals surface area contributed by atoms with Gasteiger partial charge in [-0.2, -0.15) is 11.3 Å². The minimum Gasteiger partial charge on any atom is -0.315 e. The molecule has 1 fully saturated rings. The Morgan fingerprint density at radius 1 is 1.62 bits per heavy atom. The van der Waals surface area contributed by atoms with E-state index in [1.165, 1.54) is 24.9 Å². The molecule has 0 saturated carbocycles. The van der Waals surface area contributed by atoms with Gasteiger partial charge in [0.2, 0.25) is 0 Å². The number of hydrogen-bond acceptors (Lipinski definition) is 3. The van der Waals surface area contributed by atoms with Crippen LogP contribution in [0.25, 0.3) is 0 Å². The van der Waals surface area contributed by atoms with E-state index < -0.39 is 0 Å². The number of thiophene rings is 1. The van der Waals surface area contributed by atoms with E-state index in [0.29, 0.717) is 6.04 Å². The second kappa shape index (κ2) is 4.74. The SMILES string of the molecule is c1cc(CCNC2CCNC2)cs1. The van der Waals surface area contributed by atoms with Gasteiger partial charge >= 0.3 is 0 Å². The molecule has 1 unspecified atom stereocenters. The Morgan fingerprint density at radius 2 is 2.62 bits per heavy atom. The molecule has 0 bridgehead atoms. The van der Waals surface area contributed by atoms with Crippen molar-refractivity contribution in [3.8, 4) is 0 Å². The van der Waals surface area contributed by atoms with Crippen LogP contribution < -0.4 is 10.6 Å². The predicted molar refractivity (Wildman–Crippen MR) is 57.3 cm³/mol. The maximum Gasteiger partial charge on any atom is 0.0204 e. The summed E-state index contributed by atoms with van der Waals surface area (Å²) in [5.41, 5.74) is 1.46. The molecule has 1 atom stereocenters. The first-order chi connectivity index (χ1) is 6.45. The lowest BCUT2D eigenvalue weighted by Crippen LogP contribution is -2.32. The lowest BCUT2D eigenvalue weighted by Gasteiger charge is -2.09. The van der Waals surface area contributed by atoms with Crippen molar-refractivity contribution in [2.45, 2.75) is 18.9 Å². The molecule has 1 aliphatic heterocycles. The third-order valence-corrected chi connectivity index (χ3v) is 3.22. The second-order valence-electron chi connectivity index (χ2n) is 3.53. The van der Waals surface area contributed by atoms with E-state index in [2.05, 4.69) is 27.5 Å². The van der Waals surface area contributed by atoms with E-state index in [0.717, 1.165) is 13.1 Å². The van der Waals surface area contributed by atoms with Crippen LogP contribution in [-0.4, -0.2) is 25.7 Å². The molecule has 1 aliphatic rings. The second-order valence-corrected chi connectivity index (χ2v) is 4.31. The fourth-order valence-electron chi connectivity index (χ4n) is 1.68. The van der Waals surface area contributed by atoms with Crippen LogP contribution in [0.4, 0.5) is 0 Å². The fourth-order valence-corrected chi connectivity index (χ4v) is 2.39. The highest BCUT2D eigenvalue weighted by Crippen LogP contribution is 2.06. The van der Waals surface area contributed by atoms with Crippen molar-refractivity contribution < 1.29 is 0 Å². The Morgan fingerprint density at radius 3 is 3.31 bits per heavy atom. The molecule has 0 radical (unpaired) electrons. The van der Waals surface area contributed by atoms with Gasteiger partial charge in [0.05, 0.1) is 0 Å². The van der Waals surface area contributed by atoms with Crippen LogP contribution in [-0.2, 0) is 6.42 Å². The monoisotopic (exact) mass is 196 g/mol. The van der Waals surface area contributed by atoms with Crippen LogP contribution in [0.2, 0.25) is 0 Å². The molecule has 0 amide bonds. The normalized spacial score (nSPS) is 22.3. The third-order valence-electron chi connectivity index (χ3n) is 2.49. The zero-order valence-corrected chi connectivity index (χ0v) is 8.57. The number of hydrogen-bond donors (Lipinski definition) is 2. The lowest BCUT2D eigenvalue weighted by atomic mass is 10.2. The molecule has 3 heteroatoms. The third kappa shape index (κ3) is 2.79. The van der Waals surface area contributed by atoms with Crippen molar-refractivity contribution in [1.82, 2.24) is 10.6 Å². The van der Waals surface area contributed by atoms with Gasteiger partial charge in [0, 0.05) is 12.6 Å². The van der Waals surface area contributed by atoms with Gasteiger partial charge < -0.3 is 10.6 Å². The molecule has 0 spiro atoms. The first kappa shape index (κ1) is 9.19. The fraction of sp³-hybridized carbons (Fsp3) is 0.600. The van der Waals surface area contributed by atoms with Gasteiger partial charge in [-0.3, -0.25) is 0 Å². The summed E-state index contributed by atoms with van der Waals surface area (Å²) < 4.78 is 0. The summed E-state index contributed by atoms with van der Waals surface area (Å²) in [6.07, 6.45) is 2.45. The first-order valence-corrected chi connectivity index (χ1v) is 5.84. The highest BCUT2D eigenvalue weighted by Gasteiger charge is 2.12. The summed E-state index contributed by atoms with van der Waals surface area (Å²) in [7, 11) is 0. The lowest BCUT2D eigenvalue weighted by molar-refractivity contribution is 0.550. The number of rotatable bonds is 4. The standard InChI is InChI=1S/C10H16N2S/c1(9-3-6-13-8-9)5-12-10-2-4-11-7-10/h3,6,8,10-12H,1-2,4-5,7H2. The van der Waals surface area contributed by atoms with Gasteiger partial charge in [0.1, 0.15) is 0 Å². The summed E-state index contributed by atoms with van der Waals surface area (Å²) in [6.45, 7) is 3.43. The minimum atomic E-state index is 0.707. The average Bonchev–Trinajstić information content (AvgIpc) is 2.75. The Bertz CT molecular complexity index is 227. The van der Waals surface area contributed by atoms with E-state index >= 15 is 0 Å². The van der Waals surface area contributed by atoms with Crippen molar-refractivity contribution in [3.05, 3.63) is 22.4 Å². The average molecular weight is 196 g/mol. The van der Waals surface area contributed by atoms with Crippen molar-refractivity contribution in [1.29, 1.82) is 0 Å². The molecule has 13 heavy (non-hydrogen) atoms. The van der Waals surface area contributed by atoms with Crippen LogP contribution >= 0.6 is 11.3 Å². The molecule has 0 aromatic carbocycles. The molecule has 2 N–H and O–H groups in total. The van der Waals surface area contributed by atoms with E-state index in [9.17, 15) is 0 Å². The topological polar surface area (TPSA) is 24.1 Å². The zero-order valence-electron chi connectivity index (χ0n) is 7.75. The zero-order chi connectivity index (χ0) is 8.93. The Balaban J connectivity index is 1.63. The van der Waals surface area contributed by atoms with E-state index in [1.807, 2.05) is 0 Å². The maximum atomic E-state index is 3.56. The molecular formula is C10H16N2S. The van der Waals surface area contributed by atoms with Crippen molar-refractivity contribution in [2.75, 3.05) is 19.6 Å². The van der Waals surface area contributed by atoms with Crippen LogP contribution in [0.5, 0.6) is 0 Å². The highest BCUT2D eigenvalue weighted by molar-refractivity contribution is 7.07. The van der Waals surface area contributed by atoms with Crippen molar-refractivity contribution in [3.63, 3.8) is 0 Å². The van der Waals surface area contributed by atoms with Gasteiger partial charge in [-0.15, -0.1) is 0 Å². The molecule has 2 rings (SSSR count). The molecule has 72 valence electrons. The predicted octanol–water partition coefficient (Wildman–Crippen LogP) is 1.24. The van der Waals surface area contributed by atoms with Gasteiger partial charge in [0.25, 0.3) is 0 Å². The van der Waals surface area contributed by atoms with E-state index in [-0.39, 0.29) is 0 Å². The van der Waals surface area contributed by atoms with Crippen LogP contribution in [0.15, 0.2) is 16.8 Å². The van der Waals surface area contributed by atoms with Crippen LogP contribution in [0.1, 0.15) is 12.0 Å². The number of nitrogens with one attached hydrogen (secondary N) is 2. The Kier molecular flexibility index (Phi) is 3.35. The van der Waals surface area contributed by atoms with Crippen molar-refractivity contribution in [2.24, 2.45) is 0 Å². The Hall–Kier alpha value is -0.380. The van der Waals surface area contributed by atoms with Crippen molar-refractivity contribution >= 4 is 11.3 Å². The molecule has 1 aromatic rings. The summed E-state index contributed by atoms with van der Waals surface area (Å²) in [4.78, 5) is 0. The quantitative estimate of drug-likeness (QED) is 0.757. The van der Waals surface area contributed by atoms with Gasteiger partial charge in [-0.1, -0.05) is 0 Å². The summed E-state index contributed by atoms with van der Waals surface area (Å²) in [6, 6.07) is 2.91. The van der Waals surface area contributed by atoms with Crippen LogP contribution in [0.3, 0.4) is 0 Å². The molecule has 0 aliphatic carbocycles. The Labute approximate surface area is 83.4 Å². The highest BCUT2D eigenvalue weighted by atomic mass is 32.1.